The highest BCUT2D eigenvalue weighted by Crippen LogP contribution is 2.35. The maximum Gasteiger partial charge on any atom is 0.262 e. The lowest BCUT2D eigenvalue weighted by atomic mass is 9.95. The summed E-state index contributed by atoms with van der Waals surface area (Å²) in [6, 6.07) is 9.38. The number of hydrogen-bond donors (Lipinski definition) is 1. The van der Waals surface area contributed by atoms with E-state index in [0.29, 0.717) is 17.5 Å². The van der Waals surface area contributed by atoms with Crippen LogP contribution in [0.3, 0.4) is 0 Å². The summed E-state index contributed by atoms with van der Waals surface area (Å²) in [4.78, 5) is 26.7. The van der Waals surface area contributed by atoms with Crippen LogP contribution in [0.15, 0.2) is 47.4 Å². The van der Waals surface area contributed by atoms with E-state index in [1.54, 1.807) is 24.3 Å². The van der Waals surface area contributed by atoms with E-state index < -0.39 is 33.7 Å². The Hall–Kier alpha value is -3.05. The molecule has 0 saturated carbocycles. The van der Waals surface area contributed by atoms with E-state index >= 15 is 0 Å². The topological polar surface area (TPSA) is 96.0 Å². The van der Waals surface area contributed by atoms with Gasteiger partial charge in [-0.2, -0.15) is 4.31 Å². The van der Waals surface area contributed by atoms with Crippen molar-refractivity contribution in [2.75, 3.05) is 31.6 Å². The molecule has 4 rings (SSSR count). The summed E-state index contributed by atoms with van der Waals surface area (Å²) in [5.41, 5.74) is 0.555. The highest BCUT2D eigenvalue weighted by molar-refractivity contribution is 7.89. The molecule has 2 amide bonds. The lowest BCUT2D eigenvalue weighted by Crippen LogP contribution is -2.52. The fraction of sp³-hybridized carbons (Fsp3) is 0.364. The molecule has 8 nitrogen and oxygen atoms in total. The van der Waals surface area contributed by atoms with Crippen LogP contribution in [0.2, 0.25) is 0 Å². The van der Waals surface area contributed by atoms with E-state index in [-0.39, 0.29) is 49.2 Å². The molecule has 2 aromatic carbocycles. The van der Waals surface area contributed by atoms with Gasteiger partial charge in [0.15, 0.2) is 17.7 Å². The average Bonchev–Trinajstić information content (AvgIpc) is 2.84. The molecule has 2 aliphatic rings. The van der Waals surface area contributed by atoms with Gasteiger partial charge in [-0.3, -0.25) is 9.59 Å². The number of ether oxygens (including phenoxy) is 1. The molecule has 1 atom stereocenters. The van der Waals surface area contributed by atoms with Gasteiger partial charge < -0.3 is 15.0 Å². The van der Waals surface area contributed by atoms with Crippen molar-refractivity contribution < 1.29 is 31.5 Å². The standard InChI is InChI=1S/C22H23F2N3O5S/c1-25-21(28)20-13-27(18-4-2-3-5-19(18)32-20)22(29)14-8-10-26(11-9-14)33(30,31)15-6-7-16(23)17(24)12-15/h2-7,12,14,20H,8-11,13H2,1H3,(H,25,28). The molecule has 2 aliphatic heterocycles. The lowest BCUT2D eigenvalue weighted by molar-refractivity contribution is -0.128. The average molecular weight is 480 g/mol. The van der Waals surface area contributed by atoms with Crippen molar-refractivity contribution in [3.8, 4) is 5.75 Å². The first-order chi connectivity index (χ1) is 15.7. The van der Waals surface area contributed by atoms with Crippen molar-refractivity contribution in [1.29, 1.82) is 0 Å². The third-order valence-corrected chi connectivity index (χ3v) is 7.81. The number of carbonyl (C=O) groups is 2. The van der Waals surface area contributed by atoms with Crippen molar-refractivity contribution >= 4 is 27.5 Å². The second-order valence-corrected chi connectivity index (χ2v) is 9.83. The predicted octanol–water partition coefficient (Wildman–Crippen LogP) is 1.91. The SMILES string of the molecule is CNC(=O)C1CN(C(=O)C2CCN(S(=O)(=O)c3ccc(F)c(F)c3)CC2)c2ccccc2O1. The quantitative estimate of drug-likeness (QED) is 0.723. The van der Waals surface area contributed by atoms with Crippen molar-refractivity contribution in [2.24, 2.45) is 5.92 Å². The van der Waals surface area contributed by atoms with E-state index in [2.05, 4.69) is 5.32 Å². The monoisotopic (exact) mass is 479 g/mol. The molecule has 1 unspecified atom stereocenters. The van der Waals surface area contributed by atoms with Crippen LogP contribution in [-0.2, 0) is 19.6 Å². The number of hydrogen-bond acceptors (Lipinski definition) is 5. The molecule has 33 heavy (non-hydrogen) atoms. The van der Waals surface area contributed by atoms with E-state index in [0.717, 1.165) is 12.1 Å². The van der Waals surface area contributed by atoms with E-state index in [1.165, 1.54) is 16.3 Å². The van der Waals surface area contributed by atoms with Gasteiger partial charge in [-0.15, -0.1) is 0 Å². The van der Waals surface area contributed by atoms with Crippen LogP contribution in [0.4, 0.5) is 14.5 Å². The summed E-state index contributed by atoms with van der Waals surface area (Å²) >= 11 is 0. The number of nitrogens with zero attached hydrogens (tertiary/aromatic N) is 2. The number of sulfonamides is 1. The molecule has 11 heteroatoms. The second-order valence-electron chi connectivity index (χ2n) is 7.89. The predicted molar refractivity (Wildman–Crippen MR) is 115 cm³/mol. The summed E-state index contributed by atoms with van der Waals surface area (Å²) in [5.74, 6) is -2.97. The Morgan fingerprint density at radius 1 is 1.06 bits per heavy atom. The van der Waals surface area contributed by atoms with Crippen LogP contribution in [0.5, 0.6) is 5.75 Å². The van der Waals surface area contributed by atoms with Crippen LogP contribution in [-0.4, -0.2) is 57.3 Å². The number of para-hydroxylation sites is 2. The van der Waals surface area contributed by atoms with E-state index in [9.17, 15) is 26.8 Å². The van der Waals surface area contributed by atoms with Gasteiger partial charge in [0, 0.05) is 26.1 Å². The number of fused-ring (bicyclic) bond motifs is 1. The molecule has 0 radical (unpaired) electrons. The number of rotatable bonds is 4. The number of benzene rings is 2. The first-order valence-corrected chi connectivity index (χ1v) is 11.9. The maximum absolute atomic E-state index is 13.5. The number of nitrogens with one attached hydrogen (secondary N) is 1. The molecule has 0 aliphatic carbocycles. The summed E-state index contributed by atoms with van der Waals surface area (Å²) in [5, 5.41) is 2.52. The van der Waals surface area contributed by atoms with Crippen molar-refractivity contribution in [1.82, 2.24) is 9.62 Å². The van der Waals surface area contributed by atoms with Crippen LogP contribution in [0.25, 0.3) is 0 Å². The molecular formula is C22H23F2N3O5S. The summed E-state index contributed by atoms with van der Waals surface area (Å²) in [7, 11) is -2.53. The zero-order valence-electron chi connectivity index (χ0n) is 17.8. The molecular weight excluding hydrogens is 456 g/mol. The van der Waals surface area contributed by atoms with Gasteiger partial charge in [0.1, 0.15) is 5.75 Å². The Kier molecular flexibility index (Phi) is 6.35. The first-order valence-electron chi connectivity index (χ1n) is 10.5. The van der Waals surface area contributed by atoms with Crippen LogP contribution < -0.4 is 15.0 Å². The Morgan fingerprint density at radius 3 is 2.42 bits per heavy atom. The zero-order valence-corrected chi connectivity index (χ0v) is 18.6. The minimum absolute atomic E-state index is 0.0445. The van der Waals surface area contributed by atoms with Crippen LogP contribution >= 0.6 is 0 Å². The third kappa shape index (κ3) is 4.42. The van der Waals surface area contributed by atoms with Gasteiger partial charge in [-0.05, 0) is 43.2 Å². The molecule has 0 spiro atoms. The van der Waals surface area contributed by atoms with Gasteiger partial charge in [0.25, 0.3) is 5.91 Å². The highest BCUT2D eigenvalue weighted by atomic mass is 32.2. The fourth-order valence-corrected chi connectivity index (χ4v) is 5.57. The smallest absolute Gasteiger partial charge is 0.262 e. The normalized spacial score (nSPS) is 19.5. The summed E-state index contributed by atoms with van der Waals surface area (Å²) in [6.45, 7) is 0.161. The van der Waals surface area contributed by atoms with Gasteiger partial charge in [0.2, 0.25) is 15.9 Å². The summed E-state index contributed by atoms with van der Waals surface area (Å²) < 4.78 is 59.3. The Labute approximate surface area is 190 Å². The summed E-state index contributed by atoms with van der Waals surface area (Å²) in [6.07, 6.45) is -0.347. The van der Waals surface area contributed by atoms with Crippen molar-refractivity contribution in [3.05, 3.63) is 54.1 Å². The molecule has 2 aromatic rings. The Balaban J connectivity index is 1.49. The molecule has 0 bridgehead atoms. The minimum atomic E-state index is -4.02. The molecule has 0 aromatic heterocycles. The Morgan fingerprint density at radius 2 is 1.76 bits per heavy atom. The maximum atomic E-state index is 13.5. The number of halogens is 2. The number of piperidine rings is 1. The van der Waals surface area contributed by atoms with E-state index in [4.69, 9.17) is 4.74 Å². The zero-order chi connectivity index (χ0) is 23.8. The molecule has 1 fully saturated rings. The number of likely N-dealkylation sites (N-methyl/N-ethyl adjacent to an activating group) is 1. The minimum Gasteiger partial charge on any atom is -0.477 e. The second kappa shape index (κ2) is 9.06. The van der Waals surface area contributed by atoms with Crippen LogP contribution in [0, 0.1) is 17.6 Å². The highest BCUT2D eigenvalue weighted by Gasteiger charge is 2.38. The molecule has 1 N–H and O–H groups in total. The molecule has 176 valence electrons. The van der Waals surface area contributed by atoms with Crippen molar-refractivity contribution in [3.63, 3.8) is 0 Å². The lowest BCUT2D eigenvalue weighted by Gasteiger charge is -2.38. The van der Waals surface area contributed by atoms with E-state index in [1.807, 2.05) is 0 Å². The largest absolute Gasteiger partial charge is 0.477 e. The number of amides is 2. The number of carbonyl (C=O) groups excluding carboxylic acids is 2. The molecule has 1 saturated heterocycles. The number of anilines is 1. The molecule has 2 heterocycles. The Bertz CT molecular complexity index is 1180. The first kappa shape index (κ1) is 23.1. The van der Waals surface area contributed by atoms with Gasteiger partial charge >= 0.3 is 0 Å². The van der Waals surface area contributed by atoms with Gasteiger partial charge in [-0.1, -0.05) is 12.1 Å². The van der Waals surface area contributed by atoms with Crippen molar-refractivity contribution in [2.45, 2.75) is 23.8 Å². The van der Waals surface area contributed by atoms with Gasteiger partial charge in [0.05, 0.1) is 17.1 Å². The fourth-order valence-electron chi connectivity index (χ4n) is 4.09. The van der Waals surface area contributed by atoms with Crippen LogP contribution in [0.1, 0.15) is 12.8 Å². The van der Waals surface area contributed by atoms with Gasteiger partial charge in [-0.25, -0.2) is 17.2 Å². The third-order valence-electron chi connectivity index (χ3n) is 5.91.